The molecule has 0 aliphatic carbocycles. The molecule has 18 heavy (non-hydrogen) atoms. The van der Waals surface area contributed by atoms with Crippen molar-refractivity contribution >= 4 is 27.3 Å². The molecule has 1 atom stereocenters. The summed E-state index contributed by atoms with van der Waals surface area (Å²) in [5.74, 6) is -0.143. The summed E-state index contributed by atoms with van der Waals surface area (Å²) < 4.78 is 22.3. The summed E-state index contributed by atoms with van der Waals surface area (Å²) in [6, 6.07) is 1.45. The molecule has 0 radical (unpaired) electrons. The highest BCUT2D eigenvalue weighted by molar-refractivity contribution is 7.91. The highest BCUT2D eigenvalue weighted by atomic mass is 32.2. The summed E-state index contributed by atoms with van der Waals surface area (Å²) >= 11 is 0.974. The molecule has 100 valence electrons. The fraction of sp³-hybridized carbons (Fsp3) is 0.500. The van der Waals surface area contributed by atoms with Crippen LogP contribution < -0.4 is 10.5 Å². The van der Waals surface area contributed by atoms with Crippen LogP contribution in [0.15, 0.2) is 15.7 Å². The van der Waals surface area contributed by atoms with Crippen molar-refractivity contribution in [2.24, 2.45) is 5.14 Å². The lowest BCUT2D eigenvalue weighted by atomic mass is 10.2. The summed E-state index contributed by atoms with van der Waals surface area (Å²) in [5.41, 5.74) is 0.387. The Bertz CT molecular complexity index is 552. The van der Waals surface area contributed by atoms with Crippen LogP contribution in [0.5, 0.6) is 0 Å². The average molecular weight is 289 g/mol. The topological polar surface area (TPSA) is 92.5 Å². The van der Waals surface area contributed by atoms with Crippen molar-refractivity contribution in [2.45, 2.75) is 17.2 Å². The van der Waals surface area contributed by atoms with E-state index in [0.29, 0.717) is 12.1 Å². The van der Waals surface area contributed by atoms with Gasteiger partial charge in [0.1, 0.15) is 4.21 Å². The maximum Gasteiger partial charge on any atom is 0.255 e. The van der Waals surface area contributed by atoms with Gasteiger partial charge in [0.2, 0.25) is 10.0 Å². The number of hydrogen-bond donors (Lipinski definition) is 2. The normalized spacial score (nSPS) is 21.0. The molecule has 1 amide bonds. The van der Waals surface area contributed by atoms with E-state index in [0.717, 1.165) is 24.4 Å². The number of hydrogen-bond acceptors (Lipinski definition) is 5. The number of amides is 1. The summed E-state index contributed by atoms with van der Waals surface area (Å²) in [7, 11) is -3.72. The van der Waals surface area contributed by atoms with Gasteiger partial charge in [-0.15, -0.1) is 11.3 Å². The van der Waals surface area contributed by atoms with E-state index in [4.69, 9.17) is 5.14 Å². The van der Waals surface area contributed by atoms with Crippen molar-refractivity contribution in [1.82, 2.24) is 10.2 Å². The van der Waals surface area contributed by atoms with Crippen LogP contribution in [0.2, 0.25) is 0 Å². The second kappa shape index (κ2) is 4.96. The third kappa shape index (κ3) is 2.72. The first-order valence-corrected chi connectivity index (χ1v) is 7.95. The van der Waals surface area contributed by atoms with Gasteiger partial charge in [0.15, 0.2) is 0 Å². The monoisotopic (exact) mass is 289 g/mol. The summed E-state index contributed by atoms with van der Waals surface area (Å²) in [6.07, 6.45) is 0. The van der Waals surface area contributed by atoms with Crippen molar-refractivity contribution in [3.63, 3.8) is 0 Å². The summed E-state index contributed by atoms with van der Waals surface area (Å²) in [5, 5.41) is 9.76. The molecule has 1 fully saturated rings. The van der Waals surface area contributed by atoms with Gasteiger partial charge in [-0.25, -0.2) is 13.6 Å². The van der Waals surface area contributed by atoms with Gasteiger partial charge < -0.3 is 10.2 Å². The molecule has 1 saturated heterocycles. The standard InChI is InChI=1S/C10H15N3O3S2/c1-7-5-12-2-3-13(7)10(14)8-4-9(17-6-8)18(11,15)16/h4,6-7,12H,2-3,5H2,1H3,(H2,11,15,16). The zero-order valence-electron chi connectivity index (χ0n) is 9.92. The fourth-order valence-electron chi connectivity index (χ4n) is 1.89. The van der Waals surface area contributed by atoms with E-state index in [-0.39, 0.29) is 16.2 Å². The van der Waals surface area contributed by atoms with Crippen LogP contribution in [0.1, 0.15) is 17.3 Å². The van der Waals surface area contributed by atoms with Crippen molar-refractivity contribution in [2.75, 3.05) is 19.6 Å². The van der Waals surface area contributed by atoms with E-state index in [1.165, 1.54) is 11.4 Å². The average Bonchev–Trinajstić information content (AvgIpc) is 2.77. The van der Waals surface area contributed by atoms with E-state index < -0.39 is 10.0 Å². The van der Waals surface area contributed by atoms with E-state index in [1.807, 2.05) is 6.92 Å². The maximum atomic E-state index is 12.2. The third-order valence-electron chi connectivity index (χ3n) is 2.86. The van der Waals surface area contributed by atoms with Crippen LogP contribution >= 0.6 is 11.3 Å². The van der Waals surface area contributed by atoms with Crippen LogP contribution in [-0.4, -0.2) is 44.9 Å². The van der Waals surface area contributed by atoms with Crippen LogP contribution in [0.25, 0.3) is 0 Å². The molecule has 1 aromatic rings. The molecule has 0 saturated carbocycles. The zero-order valence-corrected chi connectivity index (χ0v) is 11.6. The van der Waals surface area contributed by atoms with Gasteiger partial charge in [-0.3, -0.25) is 4.79 Å². The fourth-order valence-corrected chi connectivity index (χ4v) is 3.47. The number of nitrogens with two attached hydrogens (primary N) is 1. The molecule has 2 heterocycles. The Morgan fingerprint density at radius 2 is 2.33 bits per heavy atom. The predicted molar refractivity (Wildman–Crippen MR) is 69.1 cm³/mol. The number of primary sulfonamides is 1. The van der Waals surface area contributed by atoms with Gasteiger partial charge in [0.05, 0.1) is 5.56 Å². The zero-order chi connectivity index (χ0) is 13.3. The van der Waals surface area contributed by atoms with Crippen molar-refractivity contribution in [3.8, 4) is 0 Å². The van der Waals surface area contributed by atoms with Crippen molar-refractivity contribution < 1.29 is 13.2 Å². The predicted octanol–water partition coefficient (Wildman–Crippen LogP) is -0.171. The summed E-state index contributed by atoms with van der Waals surface area (Å²) in [6.45, 7) is 4.08. The molecule has 1 aliphatic heterocycles. The van der Waals surface area contributed by atoms with Gasteiger partial charge >= 0.3 is 0 Å². The Kier molecular flexibility index (Phi) is 3.71. The molecule has 8 heteroatoms. The number of sulfonamides is 1. The maximum absolute atomic E-state index is 12.2. The Balaban J connectivity index is 2.21. The first-order valence-electron chi connectivity index (χ1n) is 5.52. The minimum atomic E-state index is -3.72. The largest absolute Gasteiger partial charge is 0.333 e. The molecule has 0 aromatic carbocycles. The van der Waals surface area contributed by atoms with E-state index in [2.05, 4.69) is 5.32 Å². The van der Waals surface area contributed by atoms with E-state index >= 15 is 0 Å². The smallest absolute Gasteiger partial charge is 0.255 e. The van der Waals surface area contributed by atoms with E-state index in [1.54, 1.807) is 4.90 Å². The summed E-state index contributed by atoms with van der Waals surface area (Å²) in [4.78, 5) is 14.0. The number of piperazine rings is 1. The molecule has 1 aliphatic rings. The lowest BCUT2D eigenvalue weighted by molar-refractivity contribution is 0.0656. The number of rotatable bonds is 2. The molecule has 2 rings (SSSR count). The Morgan fingerprint density at radius 1 is 1.61 bits per heavy atom. The molecule has 6 nitrogen and oxygen atoms in total. The molecule has 0 bridgehead atoms. The minimum absolute atomic E-state index is 0.0219. The lowest BCUT2D eigenvalue weighted by Gasteiger charge is -2.33. The molecular weight excluding hydrogens is 274 g/mol. The molecule has 1 unspecified atom stereocenters. The second-order valence-electron chi connectivity index (χ2n) is 4.25. The highest BCUT2D eigenvalue weighted by Gasteiger charge is 2.25. The minimum Gasteiger partial charge on any atom is -0.333 e. The Hall–Kier alpha value is -0.960. The van der Waals surface area contributed by atoms with Gasteiger partial charge in [-0.05, 0) is 13.0 Å². The first kappa shape index (κ1) is 13.5. The van der Waals surface area contributed by atoms with E-state index in [9.17, 15) is 13.2 Å². The van der Waals surface area contributed by atoms with Gasteiger partial charge in [-0.2, -0.15) is 0 Å². The van der Waals surface area contributed by atoms with Crippen molar-refractivity contribution in [3.05, 3.63) is 17.0 Å². The number of thiophene rings is 1. The van der Waals surface area contributed by atoms with Crippen molar-refractivity contribution in [1.29, 1.82) is 0 Å². The third-order valence-corrected chi connectivity index (χ3v) is 5.25. The number of carbonyl (C=O) groups excluding carboxylic acids is 1. The van der Waals surface area contributed by atoms with Crippen LogP contribution in [0.4, 0.5) is 0 Å². The first-order chi connectivity index (χ1) is 8.39. The molecule has 3 N–H and O–H groups in total. The number of carbonyl (C=O) groups is 1. The molecule has 0 spiro atoms. The molecule has 1 aromatic heterocycles. The Labute approximate surface area is 110 Å². The van der Waals surface area contributed by atoms with Crippen LogP contribution in [-0.2, 0) is 10.0 Å². The highest BCUT2D eigenvalue weighted by Crippen LogP contribution is 2.21. The number of nitrogens with one attached hydrogen (secondary N) is 1. The van der Waals surface area contributed by atoms with Gasteiger partial charge in [0.25, 0.3) is 5.91 Å². The van der Waals surface area contributed by atoms with Crippen LogP contribution in [0, 0.1) is 0 Å². The lowest BCUT2D eigenvalue weighted by Crippen LogP contribution is -2.52. The number of nitrogens with zero attached hydrogens (tertiary/aromatic N) is 1. The molecular formula is C10H15N3O3S2. The SMILES string of the molecule is CC1CNCCN1C(=O)c1csc(S(N)(=O)=O)c1. The van der Waals surface area contributed by atoms with Gasteiger partial charge in [0, 0.05) is 31.1 Å². The quantitative estimate of drug-likeness (QED) is 0.790. The Morgan fingerprint density at radius 3 is 2.89 bits per heavy atom. The second-order valence-corrected chi connectivity index (χ2v) is 6.95. The van der Waals surface area contributed by atoms with Crippen LogP contribution in [0.3, 0.4) is 0 Å². The van der Waals surface area contributed by atoms with Gasteiger partial charge in [-0.1, -0.05) is 0 Å².